The van der Waals surface area contributed by atoms with Gasteiger partial charge in [0.1, 0.15) is 5.76 Å². The summed E-state index contributed by atoms with van der Waals surface area (Å²) in [7, 11) is 0. The molecule has 0 aliphatic heterocycles. The highest BCUT2D eigenvalue weighted by Crippen LogP contribution is 2.15. The van der Waals surface area contributed by atoms with Gasteiger partial charge in [-0.2, -0.15) is 0 Å². The number of amides is 2. The van der Waals surface area contributed by atoms with Crippen LogP contribution in [0.1, 0.15) is 50.6 Å². The molecule has 1 heterocycles. The zero-order chi connectivity index (χ0) is 16.0. The molecular weight excluding hydrogens is 270 g/mol. The number of aromatic nitrogens is 1. The van der Waals surface area contributed by atoms with Crippen molar-refractivity contribution < 1.29 is 14.4 Å². The van der Waals surface area contributed by atoms with Crippen molar-refractivity contribution in [3.8, 4) is 0 Å². The summed E-state index contributed by atoms with van der Waals surface area (Å²) in [4.78, 5) is 11.9. The molecule has 6 nitrogen and oxygen atoms in total. The van der Waals surface area contributed by atoms with Gasteiger partial charge in [0.25, 0.3) is 0 Å². The van der Waals surface area contributed by atoms with Crippen LogP contribution in [0.2, 0.25) is 0 Å². The van der Waals surface area contributed by atoms with Gasteiger partial charge < -0.3 is 20.3 Å². The Labute approximate surface area is 126 Å². The maximum Gasteiger partial charge on any atom is 0.315 e. The van der Waals surface area contributed by atoms with Crippen molar-refractivity contribution in [1.82, 2.24) is 15.8 Å². The average molecular weight is 297 g/mol. The number of carbonyl (C=O) groups excluding carboxylic acids is 1. The molecule has 1 unspecified atom stereocenters. The van der Waals surface area contributed by atoms with E-state index < -0.39 is 5.60 Å². The zero-order valence-corrected chi connectivity index (χ0v) is 13.6. The zero-order valence-electron chi connectivity index (χ0n) is 13.6. The molecule has 0 radical (unpaired) electrons. The number of hydrogen-bond acceptors (Lipinski definition) is 4. The summed E-state index contributed by atoms with van der Waals surface area (Å²) in [6.07, 6.45) is 1.89. The van der Waals surface area contributed by atoms with Crippen LogP contribution in [0.15, 0.2) is 4.52 Å². The molecule has 0 spiro atoms. The molecule has 21 heavy (non-hydrogen) atoms. The fourth-order valence-electron chi connectivity index (χ4n) is 2.17. The first-order valence-corrected chi connectivity index (χ1v) is 7.49. The lowest BCUT2D eigenvalue weighted by molar-refractivity contribution is 0.0349. The smallest absolute Gasteiger partial charge is 0.315 e. The fourth-order valence-corrected chi connectivity index (χ4v) is 2.17. The molecule has 1 atom stereocenters. The summed E-state index contributed by atoms with van der Waals surface area (Å²) in [6, 6.07) is -0.312. The van der Waals surface area contributed by atoms with E-state index in [9.17, 15) is 9.90 Å². The van der Waals surface area contributed by atoms with E-state index in [1.165, 1.54) is 0 Å². The number of urea groups is 1. The minimum atomic E-state index is -0.831. The molecule has 0 fully saturated rings. The van der Waals surface area contributed by atoms with E-state index in [0.29, 0.717) is 19.3 Å². The van der Waals surface area contributed by atoms with Crippen molar-refractivity contribution in [2.75, 3.05) is 6.54 Å². The molecule has 0 saturated carbocycles. The van der Waals surface area contributed by atoms with Crippen LogP contribution >= 0.6 is 0 Å². The van der Waals surface area contributed by atoms with Crippen LogP contribution in [-0.4, -0.2) is 34.5 Å². The topological polar surface area (TPSA) is 87.4 Å². The summed E-state index contributed by atoms with van der Waals surface area (Å²) in [5.41, 5.74) is 1.05. The number of aliphatic hydroxyl groups is 1. The Morgan fingerprint density at radius 2 is 2.00 bits per heavy atom. The van der Waals surface area contributed by atoms with E-state index in [2.05, 4.69) is 15.8 Å². The third-order valence-corrected chi connectivity index (χ3v) is 3.96. The van der Waals surface area contributed by atoms with Crippen LogP contribution in [0.3, 0.4) is 0 Å². The van der Waals surface area contributed by atoms with Gasteiger partial charge in [0.05, 0.1) is 11.3 Å². The predicted molar refractivity (Wildman–Crippen MR) is 81.2 cm³/mol. The Balaban J connectivity index is 2.44. The van der Waals surface area contributed by atoms with Crippen molar-refractivity contribution >= 4 is 6.03 Å². The number of rotatable bonds is 7. The summed E-state index contributed by atoms with van der Waals surface area (Å²) < 4.78 is 5.11. The van der Waals surface area contributed by atoms with Crippen molar-refractivity contribution in [1.29, 1.82) is 0 Å². The fraction of sp³-hybridized carbons (Fsp3) is 0.733. The molecule has 0 bridgehead atoms. The van der Waals surface area contributed by atoms with Crippen LogP contribution < -0.4 is 10.6 Å². The normalized spacial score (nSPS) is 13.0. The van der Waals surface area contributed by atoms with Crippen LogP contribution in [0.4, 0.5) is 4.79 Å². The molecule has 1 aromatic heterocycles. The first kappa shape index (κ1) is 17.5. The van der Waals surface area contributed by atoms with Crippen LogP contribution in [0, 0.1) is 13.8 Å². The van der Waals surface area contributed by atoms with Crippen molar-refractivity contribution in [3.05, 3.63) is 17.0 Å². The lowest BCUT2D eigenvalue weighted by Gasteiger charge is -2.26. The lowest BCUT2D eigenvalue weighted by atomic mass is 9.98. The molecule has 0 saturated heterocycles. The number of aryl methyl sites for hydroxylation is 2. The minimum absolute atomic E-state index is 0.0434. The third-order valence-electron chi connectivity index (χ3n) is 3.96. The molecular formula is C15H27N3O3. The maximum atomic E-state index is 11.9. The summed E-state index contributed by atoms with van der Waals surface area (Å²) in [5.74, 6) is 0.785. The van der Waals surface area contributed by atoms with E-state index in [-0.39, 0.29) is 18.6 Å². The molecule has 3 N–H and O–H groups in total. The van der Waals surface area contributed by atoms with Crippen molar-refractivity contribution in [2.24, 2.45) is 0 Å². The quantitative estimate of drug-likeness (QED) is 0.719. The van der Waals surface area contributed by atoms with E-state index >= 15 is 0 Å². The largest absolute Gasteiger partial charge is 0.388 e. The predicted octanol–water partition coefficient (Wildman–Crippen LogP) is 2.07. The van der Waals surface area contributed by atoms with Gasteiger partial charge in [-0.15, -0.1) is 0 Å². The number of nitrogens with one attached hydrogen (secondary N) is 2. The second-order valence-electron chi connectivity index (χ2n) is 5.67. The van der Waals surface area contributed by atoms with Gasteiger partial charge in [0.15, 0.2) is 0 Å². The molecule has 1 aromatic rings. The first-order chi connectivity index (χ1) is 9.81. The number of nitrogens with zero attached hydrogens (tertiary/aromatic N) is 1. The van der Waals surface area contributed by atoms with E-state index in [0.717, 1.165) is 17.0 Å². The van der Waals surface area contributed by atoms with E-state index in [1.807, 2.05) is 34.6 Å². The van der Waals surface area contributed by atoms with Crippen molar-refractivity contribution in [2.45, 2.75) is 65.5 Å². The highest BCUT2D eigenvalue weighted by atomic mass is 16.5. The van der Waals surface area contributed by atoms with E-state index in [4.69, 9.17) is 4.52 Å². The Morgan fingerprint density at radius 1 is 1.38 bits per heavy atom. The van der Waals surface area contributed by atoms with Gasteiger partial charge in [-0.25, -0.2) is 4.79 Å². The highest BCUT2D eigenvalue weighted by Gasteiger charge is 2.23. The number of carbonyl (C=O) groups is 1. The number of hydrogen-bond donors (Lipinski definition) is 3. The standard InChI is InChI=1S/C15H27N3O3/c1-6-15(20,7-2)9-16-14(19)17-10(3)8-13-11(4)18-21-12(13)5/h10,20H,6-9H2,1-5H3,(H2,16,17,19). The summed E-state index contributed by atoms with van der Waals surface area (Å²) in [5, 5.41) is 19.6. The molecule has 0 aliphatic carbocycles. The van der Waals surface area contributed by atoms with Crippen molar-refractivity contribution in [3.63, 3.8) is 0 Å². The van der Waals surface area contributed by atoms with Crippen LogP contribution in [0.25, 0.3) is 0 Å². The molecule has 0 aliphatic rings. The summed E-state index contributed by atoms with van der Waals surface area (Å²) in [6.45, 7) is 9.75. The highest BCUT2D eigenvalue weighted by molar-refractivity contribution is 5.74. The summed E-state index contributed by atoms with van der Waals surface area (Å²) >= 11 is 0. The second-order valence-corrected chi connectivity index (χ2v) is 5.67. The molecule has 2 amide bonds. The van der Waals surface area contributed by atoms with Gasteiger partial charge in [-0.1, -0.05) is 19.0 Å². The van der Waals surface area contributed by atoms with Gasteiger partial charge in [0.2, 0.25) is 0 Å². The lowest BCUT2D eigenvalue weighted by Crippen LogP contribution is -2.48. The van der Waals surface area contributed by atoms with Gasteiger partial charge >= 0.3 is 6.03 Å². The van der Waals surface area contributed by atoms with Gasteiger partial charge in [-0.3, -0.25) is 0 Å². The second kappa shape index (κ2) is 7.45. The molecule has 0 aromatic carbocycles. The third kappa shape index (κ3) is 5.04. The monoisotopic (exact) mass is 297 g/mol. The Kier molecular flexibility index (Phi) is 6.20. The minimum Gasteiger partial charge on any atom is -0.388 e. The van der Waals surface area contributed by atoms with Crippen LogP contribution in [-0.2, 0) is 6.42 Å². The molecule has 1 rings (SSSR count). The van der Waals surface area contributed by atoms with Gasteiger partial charge in [-0.05, 0) is 40.0 Å². The maximum absolute atomic E-state index is 11.9. The average Bonchev–Trinajstić information content (AvgIpc) is 2.76. The van der Waals surface area contributed by atoms with E-state index in [1.54, 1.807) is 0 Å². The van der Waals surface area contributed by atoms with Gasteiger partial charge in [0, 0.05) is 18.2 Å². The Bertz CT molecular complexity index is 447. The molecule has 120 valence electrons. The first-order valence-electron chi connectivity index (χ1n) is 7.49. The Morgan fingerprint density at radius 3 is 2.48 bits per heavy atom. The van der Waals surface area contributed by atoms with Crippen LogP contribution in [0.5, 0.6) is 0 Å². The SMILES string of the molecule is CCC(O)(CC)CNC(=O)NC(C)Cc1c(C)noc1C. The molecule has 6 heteroatoms. The Hall–Kier alpha value is -1.56.